The molecule has 0 aliphatic rings. The molecule has 132 valence electrons. The van der Waals surface area contributed by atoms with Crippen molar-refractivity contribution >= 4 is 17.2 Å². The van der Waals surface area contributed by atoms with Crippen molar-refractivity contribution in [3.05, 3.63) is 107 Å². The van der Waals surface area contributed by atoms with E-state index in [2.05, 4.69) is 15.3 Å². The van der Waals surface area contributed by atoms with Crippen LogP contribution >= 0.6 is 11.3 Å². The predicted octanol–water partition coefficient (Wildman–Crippen LogP) is 4.72. The fourth-order valence-corrected chi connectivity index (χ4v) is 3.64. The van der Waals surface area contributed by atoms with Gasteiger partial charge in [-0.2, -0.15) is 0 Å². The van der Waals surface area contributed by atoms with Crippen LogP contribution in [0.25, 0.3) is 10.6 Å². The molecule has 0 fully saturated rings. The number of hydrogen-bond donors (Lipinski definition) is 1. The number of amides is 1. The van der Waals surface area contributed by atoms with Crippen LogP contribution in [0.3, 0.4) is 0 Å². The first-order valence-corrected chi connectivity index (χ1v) is 9.41. The second kappa shape index (κ2) is 7.93. The van der Waals surface area contributed by atoms with Gasteiger partial charge in [-0.15, -0.1) is 11.3 Å². The molecule has 2 aromatic heterocycles. The van der Waals surface area contributed by atoms with Crippen LogP contribution in [0, 0.1) is 0 Å². The highest BCUT2D eigenvalue weighted by Gasteiger charge is 2.20. The molecule has 5 heteroatoms. The van der Waals surface area contributed by atoms with Crippen molar-refractivity contribution in [1.82, 2.24) is 15.3 Å². The third-order valence-corrected chi connectivity index (χ3v) is 5.19. The lowest BCUT2D eigenvalue weighted by atomic mass is 10.0. The van der Waals surface area contributed by atoms with Gasteiger partial charge in [-0.1, -0.05) is 66.7 Å². The zero-order chi connectivity index (χ0) is 18.5. The van der Waals surface area contributed by atoms with Crippen molar-refractivity contribution < 1.29 is 4.79 Å². The highest BCUT2D eigenvalue weighted by molar-refractivity contribution is 7.16. The number of aromatic nitrogens is 2. The number of benzene rings is 2. The molecule has 0 aliphatic carbocycles. The molecule has 4 nitrogen and oxygen atoms in total. The monoisotopic (exact) mass is 371 g/mol. The quantitative estimate of drug-likeness (QED) is 0.552. The lowest BCUT2D eigenvalue weighted by molar-refractivity contribution is 0.0946. The average molecular weight is 371 g/mol. The van der Waals surface area contributed by atoms with E-state index in [9.17, 15) is 4.79 Å². The SMILES string of the molecule is O=C(NC(c1ccccc1)c1ccccn1)c1cnc(-c2ccccc2)s1. The van der Waals surface area contributed by atoms with E-state index in [4.69, 9.17) is 0 Å². The molecule has 27 heavy (non-hydrogen) atoms. The molecule has 0 aliphatic heterocycles. The van der Waals surface area contributed by atoms with Crippen molar-refractivity contribution in [1.29, 1.82) is 0 Å². The summed E-state index contributed by atoms with van der Waals surface area (Å²) in [5, 5.41) is 3.93. The molecule has 4 aromatic rings. The molecule has 1 atom stereocenters. The van der Waals surface area contributed by atoms with Crippen LogP contribution in [0.15, 0.2) is 91.3 Å². The second-order valence-electron chi connectivity index (χ2n) is 5.97. The van der Waals surface area contributed by atoms with Crippen LogP contribution in [0.1, 0.15) is 27.0 Å². The molecule has 1 unspecified atom stereocenters. The topological polar surface area (TPSA) is 54.9 Å². The summed E-state index contributed by atoms with van der Waals surface area (Å²) in [4.78, 5) is 22.3. The number of nitrogens with one attached hydrogen (secondary N) is 1. The molecule has 0 radical (unpaired) electrons. The zero-order valence-corrected chi connectivity index (χ0v) is 15.3. The molecule has 0 spiro atoms. The fourth-order valence-electron chi connectivity index (χ4n) is 2.82. The van der Waals surface area contributed by atoms with E-state index >= 15 is 0 Å². The first-order chi connectivity index (χ1) is 13.3. The van der Waals surface area contributed by atoms with Gasteiger partial charge < -0.3 is 5.32 Å². The smallest absolute Gasteiger partial charge is 0.263 e. The van der Waals surface area contributed by atoms with E-state index in [1.807, 2.05) is 78.9 Å². The van der Waals surface area contributed by atoms with Crippen LogP contribution in [0.4, 0.5) is 0 Å². The van der Waals surface area contributed by atoms with E-state index in [0.717, 1.165) is 21.8 Å². The minimum Gasteiger partial charge on any atom is -0.339 e. The maximum Gasteiger partial charge on any atom is 0.263 e. The second-order valence-corrected chi connectivity index (χ2v) is 7.00. The minimum absolute atomic E-state index is 0.158. The van der Waals surface area contributed by atoms with Crippen molar-refractivity contribution in [2.75, 3.05) is 0 Å². The van der Waals surface area contributed by atoms with Gasteiger partial charge in [0, 0.05) is 11.8 Å². The Balaban J connectivity index is 1.60. The van der Waals surface area contributed by atoms with Crippen molar-refractivity contribution in [3.8, 4) is 10.6 Å². The van der Waals surface area contributed by atoms with Gasteiger partial charge >= 0.3 is 0 Å². The van der Waals surface area contributed by atoms with Crippen molar-refractivity contribution in [2.24, 2.45) is 0 Å². The van der Waals surface area contributed by atoms with Crippen LogP contribution in [-0.4, -0.2) is 15.9 Å². The summed E-state index contributed by atoms with van der Waals surface area (Å²) in [5.74, 6) is -0.158. The van der Waals surface area contributed by atoms with Crippen LogP contribution in [0.5, 0.6) is 0 Å². The minimum atomic E-state index is -0.317. The van der Waals surface area contributed by atoms with E-state index in [1.165, 1.54) is 11.3 Å². The average Bonchev–Trinajstić information content (AvgIpc) is 3.24. The number of nitrogens with zero attached hydrogens (tertiary/aromatic N) is 2. The Morgan fingerprint density at radius 1 is 0.852 bits per heavy atom. The Hall–Kier alpha value is -3.31. The Morgan fingerprint density at radius 3 is 2.26 bits per heavy atom. The highest BCUT2D eigenvalue weighted by atomic mass is 32.1. The summed E-state index contributed by atoms with van der Waals surface area (Å²) in [7, 11) is 0. The van der Waals surface area contributed by atoms with Gasteiger partial charge in [0.05, 0.1) is 17.9 Å². The zero-order valence-electron chi connectivity index (χ0n) is 14.4. The number of carbonyl (C=O) groups excluding carboxylic acids is 1. The van der Waals surface area contributed by atoms with Crippen LogP contribution < -0.4 is 5.32 Å². The third-order valence-electron chi connectivity index (χ3n) is 4.14. The maximum atomic E-state index is 12.9. The lowest BCUT2D eigenvalue weighted by Gasteiger charge is -2.18. The maximum absolute atomic E-state index is 12.9. The van der Waals surface area contributed by atoms with Crippen molar-refractivity contribution in [2.45, 2.75) is 6.04 Å². The molecule has 0 saturated heterocycles. The van der Waals surface area contributed by atoms with Crippen LogP contribution in [-0.2, 0) is 0 Å². The summed E-state index contributed by atoms with van der Waals surface area (Å²) in [6.45, 7) is 0. The van der Waals surface area contributed by atoms with Gasteiger partial charge in [0.15, 0.2) is 0 Å². The van der Waals surface area contributed by atoms with E-state index in [0.29, 0.717) is 4.88 Å². The summed E-state index contributed by atoms with van der Waals surface area (Å²) in [6, 6.07) is 25.1. The van der Waals surface area contributed by atoms with Crippen LogP contribution in [0.2, 0.25) is 0 Å². The number of hydrogen-bond acceptors (Lipinski definition) is 4. The van der Waals surface area contributed by atoms with Gasteiger partial charge in [0.25, 0.3) is 5.91 Å². The largest absolute Gasteiger partial charge is 0.339 e. The standard InChI is InChI=1S/C22H17N3OS/c26-21(19-15-24-22(27-19)17-11-5-2-6-12-17)25-20(16-9-3-1-4-10-16)18-13-7-8-14-23-18/h1-15,20H,(H,25,26). The highest BCUT2D eigenvalue weighted by Crippen LogP contribution is 2.26. The van der Waals surface area contributed by atoms with E-state index in [-0.39, 0.29) is 11.9 Å². The summed E-state index contributed by atoms with van der Waals surface area (Å²) < 4.78 is 0. The van der Waals surface area contributed by atoms with Gasteiger partial charge in [0.1, 0.15) is 9.88 Å². The Kier molecular flexibility index (Phi) is 5.03. The number of rotatable bonds is 5. The van der Waals surface area contributed by atoms with Gasteiger partial charge in [-0.3, -0.25) is 9.78 Å². The number of carbonyl (C=O) groups is 1. The lowest BCUT2D eigenvalue weighted by Crippen LogP contribution is -2.29. The molecule has 1 amide bonds. The van der Waals surface area contributed by atoms with Gasteiger partial charge in [-0.25, -0.2) is 4.98 Å². The molecule has 1 N–H and O–H groups in total. The summed E-state index contributed by atoms with van der Waals surface area (Å²) in [6.07, 6.45) is 3.36. The number of thiazole rings is 1. The molecule has 0 saturated carbocycles. The summed E-state index contributed by atoms with van der Waals surface area (Å²) >= 11 is 1.38. The van der Waals surface area contributed by atoms with E-state index < -0.39 is 0 Å². The number of pyridine rings is 1. The Labute approximate surface area is 161 Å². The first kappa shape index (κ1) is 17.1. The third kappa shape index (κ3) is 3.93. The Morgan fingerprint density at radius 2 is 1.56 bits per heavy atom. The molecule has 4 rings (SSSR count). The predicted molar refractivity (Wildman–Crippen MR) is 108 cm³/mol. The molecular formula is C22H17N3OS. The molecular weight excluding hydrogens is 354 g/mol. The van der Waals surface area contributed by atoms with Crippen molar-refractivity contribution in [3.63, 3.8) is 0 Å². The van der Waals surface area contributed by atoms with Gasteiger partial charge in [-0.05, 0) is 17.7 Å². The summed E-state index contributed by atoms with van der Waals surface area (Å²) in [5.41, 5.74) is 2.79. The fraction of sp³-hybridized carbons (Fsp3) is 0.0455. The molecule has 2 heterocycles. The normalized spacial score (nSPS) is 11.7. The molecule has 2 aromatic carbocycles. The molecule has 0 bridgehead atoms. The first-order valence-electron chi connectivity index (χ1n) is 8.59. The Bertz CT molecular complexity index is 978. The van der Waals surface area contributed by atoms with E-state index in [1.54, 1.807) is 12.4 Å². The van der Waals surface area contributed by atoms with Gasteiger partial charge in [0.2, 0.25) is 0 Å².